The molecule has 2 aromatic carbocycles. The minimum Gasteiger partial charge on any atom is -0.455 e. The first-order valence-electron chi connectivity index (χ1n) is 9.41. The van der Waals surface area contributed by atoms with Gasteiger partial charge in [-0.2, -0.15) is 0 Å². The number of esters is 1. The maximum atomic E-state index is 12.4. The Kier molecular flexibility index (Phi) is 7.17. The minimum absolute atomic E-state index is 0.160. The Morgan fingerprint density at radius 2 is 1.48 bits per heavy atom. The monoisotopic (exact) mass is 367 g/mol. The second kappa shape index (κ2) is 9.36. The summed E-state index contributed by atoms with van der Waals surface area (Å²) in [5.74, 6) is -0.163. The summed E-state index contributed by atoms with van der Waals surface area (Å²) >= 11 is 0. The third-order valence-electron chi connectivity index (χ3n) is 4.47. The predicted molar refractivity (Wildman–Crippen MR) is 109 cm³/mol. The number of anilines is 1. The van der Waals surface area contributed by atoms with Crippen molar-refractivity contribution >= 4 is 17.6 Å². The topological polar surface area (TPSA) is 55.4 Å². The molecule has 2 aromatic rings. The summed E-state index contributed by atoms with van der Waals surface area (Å²) in [6.45, 7) is 10.1. The zero-order chi connectivity index (χ0) is 20.0. The molecule has 4 nitrogen and oxygen atoms in total. The molecule has 0 bridgehead atoms. The summed E-state index contributed by atoms with van der Waals surface area (Å²) in [6, 6.07) is 13.7. The van der Waals surface area contributed by atoms with E-state index in [2.05, 4.69) is 33.0 Å². The van der Waals surface area contributed by atoms with E-state index in [0.717, 1.165) is 27.9 Å². The van der Waals surface area contributed by atoms with Gasteiger partial charge in [0.05, 0.1) is 6.42 Å². The van der Waals surface area contributed by atoms with Crippen molar-refractivity contribution in [3.8, 4) is 0 Å². The molecule has 0 radical (unpaired) electrons. The second-order valence-electron chi connectivity index (χ2n) is 7.49. The van der Waals surface area contributed by atoms with E-state index in [0.29, 0.717) is 0 Å². The van der Waals surface area contributed by atoms with Gasteiger partial charge < -0.3 is 10.1 Å². The summed E-state index contributed by atoms with van der Waals surface area (Å²) in [7, 11) is 0. The van der Waals surface area contributed by atoms with Crippen LogP contribution in [0.25, 0.3) is 0 Å². The van der Waals surface area contributed by atoms with Crippen molar-refractivity contribution in [3.05, 3.63) is 64.7 Å². The van der Waals surface area contributed by atoms with Gasteiger partial charge in [-0.3, -0.25) is 9.59 Å². The average Bonchev–Trinajstić information content (AvgIpc) is 2.61. The molecular formula is C23H29NO3. The van der Waals surface area contributed by atoms with Crippen molar-refractivity contribution in [2.45, 2.75) is 52.9 Å². The average molecular weight is 367 g/mol. The van der Waals surface area contributed by atoms with Crippen LogP contribution < -0.4 is 5.32 Å². The number of amides is 1. The van der Waals surface area contributed by atoms with Gasteiger partial charge >= 0.3 is 5.97 Å². The molecule has 0 aliphatic rings. The number of carbonyl (C=O) groups excluding carboxylic acids is 2. The molecule has 0 fully saturated rings. The standard InChI is InChI=1S/C23H29NO3/c1-15(2)19-7-6-8-20(16(3)4)23(19)24-21(25)14-27-22(26)13-18-11-9-17(5)10-12-18/h6-12,15-16H,13-14H2,1-5H3,(H,24,25). The van der Waals surface area contributed by atoms with Crippen LogP contribution in [0.15, 0.2) is 42.5 Å². The summed E-state index contributed by atoms with van der Waals surface area (Å²) in [5, 5.41) is 2.95. The maximum Gasteiger partial charge on any atom is 0.310 e. The van der Waals surface area contributed by atoms with Gasteiger partial charge in [0.15, 0.2) is 6.61 Å². The number of hydrogen-bond acceptors (Lipinski definition) is 3. The largest absolute Gasteiger partial charge is 0.455 e. The first-order valence-corrected chi connectivity index (χ1v) is 9.41. The van der Waals surface area contributed by atoms with E-state index in [-0.39, 0.29) is 30.8 Å². The first-order chi connectivity index (χ1) is 12.8. The number of benzene rings is 2. The van der Waals surface area contributed by atoms with Crippen LogP contribution in [0.5, 0.6) is 0 Å². The van der Waals surface area contributed by atoms with Crippen LogP contribution in [0.3, 0.4) is 0 Å². The maximum absolute atomic E-state index is 12.4. The smallest absolute Gasteiger partial charge is 0.310 e. The van der Waals surface area contributed by atoms with E-state index in [4.69, 9.17) is 4.74 Å². The van der Waals surface area contributed by atoms with Gasteiger partial charge in [-0.15, -0.1) is 0 Å². The normalized spacial score (nSPS) is 10.9. The molecule has 0 saturated carbocycles. The molecule has 2 rings (SSSR count). The van der Waals surface area contributed by atoms with E-state index in [9.17, 15) is 9.59 Å². The molecule has 0 heterocycles. The zero-order valence-corrected chi connectivity index (χ0v) is 16.8. The molecule has 0 spiro atoms. The predicted octanol–water partition coefficient (Wildman–Crippen LogP) is 4.97. The lowest BCUT2D eigenvalue weighted by atomic mass is 9.92. The number of carbonyl (C=O) groups is 2. The van der Waals surface area contributed by atoms with Crippen LogP contribution >= 0.6 is 0 Å². The molecule has 27 heavy (non-hydrogen) atoms. The number of hydrogen-bond donors (Lipinski definition) is 1. The molecule has 0 aromatic heterocycles. The number of rotatable bonds is 7. The van der Waals surface area contributed by atoms with Gasteiger partial charge in [-0.1, -0.05) is 75.7 Å². The molecule has 0 aliphatic heterocycles. The lowest BCUT2D eigenvalue weighted by molar-refractivity contribution is -0.146. The lowest BCUT2D eigenvalue weighted by Crippen LogP contribution is -2.23. The molecule has 0 unspecified atom stereocenters. The molecule has 4 heteroatoms. The molecule has 0 aliphatic carbocycles. The highest BCUT2D eigenvalue weighted by molar-refractivity contribution is 5.94. The fourth-order valence-corrected chi connectivity index (χ4v) is 2.94. The third-order valence-corrected chi connectivity index (χ3v) is 4.47. The Morgan fingerprint density at radius 3 is 2.00 bits per heavy atom. The van der Waals surface area contributed by atoms with Crippen molar-refractivity contribution in [2.75, 3.05) is 11.9 Å². The van der Waals surface area contributed by atoms with Crippen molar-refractivity contribution in [3.63, 3.8) is 0 Å². The number of nitrogens with one attached hydrogen (secondary N) is 1. The molecule has 0 atom stereocenters. The minimum atomic E-state index is -0.407. The molecule has 1 N–H and O–H groups in total. The van der Waals surface area contributed by atoms with Crippen LogP contribution in [0.2, 0.25) is 0 Å². The zero-order valence-electron chi connectivity index (χ0n) is 16.8. The highest BCUT2D eigenvalue weighted by Gasteiger charge is 2.17. The number of para-hydroxylation sites is 1. The van der Waals surface area contributed by atoms with Crippen LogP contribution in [0.1, 0.15) is 61.8 Å². The van der Waals surface area contributed by atoms with Crippen LogP contribution in [0.4, 0.5) is 5.69 Å². The number of ether oxygens (including phenoxy) is 1. The van der Waals surface area contributed by atoms with Crippen molar-refractivity contribution < 1.29 is 14.3 Å². The summed E-state index contributed by atoms with van der Waals surface area (Å²) in [4.78, 5) is 24.4. The fraction of sp³-hybridized carbons (Fsp3) is 0.391. The summed E-state index contributed by atoms with van der Waals surface area (Å²) in [6.07, 6.45) is 0.160. The molecule has 0 saturated heterocycles. The van der Waals surface area contributed by atoms with E-state index < -0.39 is 5.97 Å². The molecule has 144 valence electrons. The van der Waals surface area contributed by atoms with Gasteiger partial charge in [-0.25, -0.2) is 0 Å². The van der Waals surface area contributed by atoms with E-state index in [1.165, 1.54) is 0 Å². The Morgan fingerprint density at radius 1 is 0.926 bits per heavy atom. The second-order valence-corrected chi connectivity index (χ2v) is 7.49. The molecule has 1 amide bonds. The van der Waals surface area contributed by atoms with Gasteiger partial charge in [0.25, 0.3) is 5.91 Å². The van der Waals surface area contributed by atoms with Gasteiger partial charge in [0, 0.05) is 5.69 Å². The lowest BCUT2D eigenvalue weighted by Gasteiger charge is -2.20. The molecular weight excluding hydrogens is 338 g/mol. The van der Waals surface area contributed by atoms with E-state index in [1.54, 1.807) is 0 Å². The highest BCUT2D eigenvalue weighted by Crippen LogP contribution is 2.32. The first kappa shape index (κ1) is 20.7. The fourth-order valence-electron chi connectivity index (χ4n) is 2.94. The van der Waals surface area contributed by atoms with Gasteiger partial charge in [0.1, 0.15) is 0 Å². The Bertz CT molecular complexity index is 766. The number of aryl methyl sites for hydroxylation is 1. The summed E-state index contributed by atoms with van der Waals surface area (Å²) < 4.78 is 5.16. The Balaban J connectivity index is 1.99. The van der Waals surface area contributed by atoms with Crippen LogP contribution in [0, 0.1) is 6.92 Å². The van der Waals surface area contributed by atoms with Crippen LogP contribution in [-0.2, 0) is 20.7 Å². The van der Waals surface area contributed by atoms with Gasteiger partial charge in [0.2, 0.25) is 0 Å². The van der Waals surface area contributed by atoms with E-state index >= 15 is 0 Å². The van der Waals surface area contributed by atoms with Crippen molar-refractivity contribution in [2.24, 2.45) is 0 Å². The summed E-state index contributed by atoms with van der Waals surface area (Å²) in [5.41, 5.74) is 5.01. The quantitative estimate of drug-likeness (QED) is 0.703. The van der Waals surface area contributed by atoms with Crippen molar-refractivity contribution in [1.29, 1.82) is 0 Å². The third kappa shape index (κ3) is 5.95. The van der Waals surface area contributed by atoms with E-state index in [1.807, 2.05) is 49.4 Å². The van der Waals surface area contributed by atoms with Gasteiger partial charge in [-0.05, 0) is 35.4 Å². The highest BCUT2D eigenvalue weighted by atomic mass is 16.5. The van der Waals surface area contributed by atoms with Crippen molar-refractivity contribution in [1.82, 2.24) is 0 Å². The Labute approximate surface area is 161 Å². The Hall–Kier alpha value is -2.62. The van der Waals surface area contributed by atoms with Crippen LogP contribution in [-0.4, -0.2) is 18.5 Å². The SMILES string of the molecule is Cc1ccc(CC(=O)OCC(=O)Nc2c(C(C)C)cccc2C(C)C)cc1.